The normalized spacial score (nSPS) is 12.0. The lowest BCUT2D eigenvalue weighted by Gasteiger charge is -2.21. The van der Waals surface area contributed by atoms with Crippen LogP contribution in [0.15, 0.2) is 171 Å². The van der Waals surface area contributed by atoms with Crippen LogP contribution < -0.4 is 0 Å². The lowest BCUT2D eigenvalue weighted by Crippen LogP contribution is -1.99. The van der Waals surface area contributed by atoms with E-state index in [-0.39, 0.29) is 0 Å². The summed E-state index contributed by atoms with van der Waals surface area (Å²) in [6.45, 7) is 0. The Morgan fingerprint density at radius 1 is 0.492 bits per heavy atom. The Kier molecular flexibility index (Phi) is 7.79. The molecule has 0 aliphatic heterocycles. The topological polar surface area (TPSA) is 126 Å². The van der Waals surface area contributed by atoms with Gasteiger partial charge in [0.05, 0.1) is 89.5 Å². The van der Waals surface area contributed by atoms with Gasteiger partial charge >= 0.3 is 0 Å². The van der Waals surface area contributed by atoms with Crippen LogP contribution in [-0.4, -0.2) is 49.3 Å². The van der Waals surface area contributed by atoms with Gasteiger partial charge in [-0.1, -0.05) is 60.7 Å². The van der Waals surface area contributed by atoms with Crippen molar-refractivity contribution >= 4 is 92.2 Å². The molecule has 0 aliphatic carbocycles. The Morgan fingerprint density at radius 2 is 1.25 bits per heavy atom. The number of aromatic amines is 2. The van der Waals surface area contributed by atoms with Gasteiger partial charge in [0.25, 0.3) is 0 Å². The summed E-state index contributed by atoms with van der Waals surface area (Å²) < 4.78 is 4.25. The SMILES string of the molecule is c1ccc2c(-c3[nH]c4c(-c5nc6ccccc6s5)c(-c5nc6ccccc6s5)c(-c5ccc6cncn6c5)c(-c5ccc6ccncc6n5)c4c3-c3ccc4ncccc4n3)[nH]cc2c1. The number of benzene rings is 4. The van der Waals surface area contributed by atoms with Crippen molar-refractivity contribution in [1.29, 1.82) is 0 Å². The van der Waals surface area contributed by atoms with Gasteiger partial charge in [0, 0.05) is 68.8 Å². The fourth-order valence-electron chi connectivity index (χ4n) is 9.37. The Labute approximate surface area is 376 Å². The first-order chi connectivity index (χ1) is 32.2. The minimum atomic E-state index is 0.778. The van der Waals surface area contributed by atoms with E-state index < -0.39 is 0 Å². The number of nitrogens with one attached hydrogen (secondary N) is 2. The molecule has 0 saturated heterocycles. The molecule has 14 rings (SSSR count). The molecule has 0 atom stereocenters. The van der Waals surface area contributed by atoms with Crippen molar-refractivity contribution in [2.45, 2.75) is 0 Å². The number of imidazole rings is 1. The molecule has 4 aromatic carbocycles. The minimum absolute atomic E-state index is 0.778. The van der Waals surface area contributed by atoms with Crippen LogP contribution in [0.5, 0.6) is 0 Å². The van der Waals surface area contributed by atoms with Crippen LogP contribution in [0.4, 0.5) is 0 Å². The number of thiazole rings is 2. The number of nitrogens with zero attached hydrogens (tertiary/aromatic N) is 8. The molecule has 2 N–H and O–H groups in total. The van der Waals surface area contributed by atoms with Crippen molar-refractivity contribution in [3.8, 4) is 66.2 Å². The van der Waals surface area contributed by atoms with Gasteiger partial charge in [-0.3, -0.25) is 9.97 Å². The van der Waals surface area contributed by atoms with Gasteiger partial charge in [-0.25, -0.2) is 24.9 Å². The standard InChI is InChI=1S/C53H30N10S2/c1-2-9-33-30(8-1)24-57-49(33)51-45(39-20-19-34-35(58-39)12-7-22-56-34)46-44(38-18-16-29-21-23-54-26-40(29)59-38)43(31-15-17-32-25-55-28-63(32)27-31)47(52-60-36-10-3-5-13-41(36)64-52)48(50(46)62-51)53-61-37-11-4-6-14-42(37)65-53/h1-28,57,62H. The Bertz CT molecular complexity index is 4160. The van der Waals surface area contributed by atoms with Crippen LogP contribution in [0.2, 0.25) is 0 Å². The van der Waals surface area contributed by atoms with E-state index in [1.165, 1.54) is 0 Å². The molecule has 0 saturated carbocycles. The summed E-state index contributed by atoms with van der Waals surface area (Å²) in [5.74, 6) is 0. The number of aromatic nitrogens is 10. The first kappa shape index (κ1) is 36.1. The fourth-order valence-corrected chi connectivity index (χ4v) is 11.4. The molecule has 65 heavy (non-hydrogen) atoms. The van der Waals surface area contributed by atoms with Gasteiger partial charge in [-0.15, -0.1) is 22.7 Å². The van der Waals surface area contributed by atoms with Crippen molar-refractivity contribution in [2.75, 3.05) is 0 Å². The molecule has 10 aromatic heterocycles. The minimum Gasteiger partial charge on any atom is -0.359 e. The molecule has 0 radical (unpaired) electrons. The predicted octanol–water partition coefficient (Wildman–Crippen LogP) is 13.4. The van der Waals surface area contributed by atoms with Gasteiger partial charge in [-0.2, -0.15) is 0 Å². The summed E-state index contributed by atoms with van der Waals surface area (Å²) in [7, 11) is 0. The number of para-hydroxylation sites is 2. The smallest absolute Gasteiger partial charge is 0.127 e. The van der Waals surface area contributed by atoms with Crippen LogP contribution in [0.1, 0.15) is 0 Å². The number of H-pyrrole nitrogens is 2. The molecule has 0 amide bonds. The summed E-state index contributed by atoms with van der Waals surface area (Å²) in [5, 5.41) is 5.86. The highest BCUT2D eigenvalue weighted by Crippen LogP contribution is 2.56. The molecule has 14 aromatic rings. The molecule has 304 valence electrons. The maximum absolute atomic E-state index is 5.49. The molecule has 0 bridgehead atoms. The molecule has 12 heteroatoms. The number of pyridine rings is 5. The molecule has 10 nitrogen and oxygen atoms in total. The molecule has 0 spiro atoms. The molecular formula is C53H30N10S2. The first-order valence-electron chi connectivity index (χ1n) is 21.1. The first-order valence-corrected chi connectivity index (χ1v) is 22.7. The second-order valence-electron chi connectivity index (χ2n) is 16.0. The zero-order valence-electron chi connectivity index (χ0n) is 34.1. The average molecular weight is 871 g/mol. The van der Waals surface area contributed by atoms with Crippen LogP contribution in [0.3, 0.4) is 0 Å². The monoisotopic (exact) mass is 870 g/mol. The lowest BCUT2D eigenvalue weighted by atomic mass is 9.85. The highest BCUT2D eigenvalue weighted by molar-refractivity contribution is 7.22. The van der Waals surface area contributed by atoms with E-state index in [1.807, 2.05) is 55.2 Å². The Morgan fingerprint density at radius 3 is 2.11 bits per heavy atom. The molecule has 10 heterocycles. The van der Waals surface area contributed by atoms with E-state index in [9.17, 15) is 0 Å². The molecule has 0 unspecified atom stereocenters. The van der Waals surface area contributed by atoms with Crippen molar-refractivity contribution in [3.63, 3.8) is 0 Å². The Hall–Kier alpha value is -8.45. The van der Waals surface area contributed by atoms with Gasteiger partial charge in [-0.05, 0) is 77.7 Å². The number of hydrogen-bond acceptors (Lipinski definition) is 9. The summed E-state index contributed by atoms with van der Waals surface area (Å²) in [5.41, 5.74) is 15.2. The van der Waals surface area contributed by atoms with Gasteiger partial charge in [0.1, 0.15) is 10.0 Å². The third-order valence-corrected chi connectivity index (χ3v) is 14.4. The third-order valence-electron chi connectivity index (χ3n) is 12.3. The third kappa shape index (κ3) is 5.61. The van der Waals surface area contributed by atoms with E-state index in [2.05, 4.69) is 139 Å². The second kappa shape index (κ2) is 14.0. The quantitative estimate of drug-likeness (QED) is 0.170. The second-order valence-corrected chi connectivity index (χ2v) is 18.1. The van der Waals surface area contributed by atoms with Crippen molar-refractivity contribution in [2.24, 2.45) is 0 Å². The summed E-state index contributed by atoms with van der Waals surface area (Å²) in [6, 6.07) is 43.9. The summed E-state index contributed by atoms with van der Waals surface area (Å²) in [6.07, 6.45) is 13.4. The molecule has 0 aliphatic rings. The van der Waals surface area contributed by atoms with E-state index in [4.69, 9.17) is 19.9 Å². The number of rotatable bonds is 6. The van der Waals surface area contributed by atoms with Gasteiger partial charge in [0.2, 0.25) is 0 Å². The summed E-state index contributed by atoms with van der Waals surface area (Å²) in [4.78, 5) is 43.4. The molecular weight excluding hydrogens is 841 g/mol. The van der Waals surface area contributed by atoms with Gasteiger partial charge < -0.3 is 14.4 Å². The highest BCUT2D eigenvalue weighted by atomic mass is 32.1. The molecule has 0 fully saturated rings. The number of fused-ring (bicyclic) bond motifs is 7. The number of hydrogen-bond donors (Lipinski definition) is 2. The zero-order valence-corrected chi connectivity index (χ0v) is 35.7. The maximum atomic E-state index is 5.49. The maximum Gasteiger partial charge on any atom is 0.127 e. The Balaban J connectivity index is 1.26. The van der Waals surface area contributed by atoms with Crippen LogP contribution in [0, 0.1) is 0 Å². The zero-order chi connectivity index (χ0) is 42.6. The van der Waals surface area contributed by atoms with Crippen LogP contribution >= 0.6 is 22.7 Å². The van der Waals surface area contributed by atoms with E-state index >= 15 is 0 Å². The van der Waals surface area contributed by atoms with Crippen molar-refractivity contribution in [3.05, 3.63) is 171 Å². The van der Waals surface area contributed by atoms with Crippen molar-refractivity contribution < 1.29 is 0 Å². The van der Waals surface area contributed by atoms with E-state index in [0.717, 1.165) is 136 Å². The van der Waals surface area contributed by atoms with Gasteiger partial charge in [0.15, 0.2) is 0 Å². The summed E-state index contributed by atoms with van der Waals surface area (Å²) >= 11 is 3.36. The van der Waals surface area contributed by atoms with Crippen LogP contribution in [0.25, 0.3) is 136 Å². The van der Waals surface area contributed by atoms with Crippen LogP contribution in [-0.2, 0) is 0 Å². The van der Waals surface area contributed by atoms with E-state index in [0.29, 0.717) is 0 Å². The highest BCUT2D eigenvalue weighted by Gasteiger charge is 2.33. The average Bonchev–Trinajstić information content (AvgIpc) is 4.21. The lowest BCUT2D eigenvalue weighted by molar-refractivity contribution is 1.16. The van der Waals surface area contributed by atoms with Crippen molar-refractivity contribution in [1.82, 2.24) is 49.3 Å². The fraction of sp³-hybridized carbons (Fsp3) is 0. The largest absolute Gasteiger partial charge is 0.359 e. The van der Waals surface area contributed by atoms with E-state index in [1.54, 1.807) is 28.9 Å². The predicted molar refractivity (Wildman–Crippen MR) is 264 cm³/mol.